The van der Waals surface area contributed by atoms with Crippen LogP contribution in [0.4, 0.5) is 0 Å². The Balaban J connectivity index is 2.41. The van der Waals surface area contributed by atoms with Crippen molar-refractivity contribution in [2.75, 3.05) is 12.9 Å². The Bertz CT molecular complexity index is 494. The van der Waals surface area contributed by atoms with Crippen LogP contribution in [0.2, 0.25) is 0 Å². The maximum absolute atomic E-state index is 8.98. The maximum atomic E-state index is 8.98. The van der Waals surface area contributed by atoms with Crippen LogP contribution in [0.3, 0.4) is 0 Å². The first-order chi connectivity index (χ1) is 8.35. The van der Waals surface area contributed by atoms with E-state index in [2.05, 4.69) is 54.8 Å². The Kier molecular flexibility index (Phi) is 4.24. The Hall–Kier alpha value is -1.25. The van der Waals surface area contributed by atoms with E-state index in [0.717, 1.165) is 6.42 Å². The Morgan fingerprint density at radius 3 is 2.65 bits per heavy atom. The number of rotatable bonds is 4. The molecule has 0 aliphatic rings. The topological polar surface area (TPSA) is 20.2 Å². The third kappa shape index (κ3) is 2.90. The monoisotopic (exact) mass is 244 g/mol. The molecular weight excluding hydrogens is 228 g/mol. The minimum Gasteiger partial charge on any atom is -0.396 e. The van der Waals surface area contributed by atoms with Crippen molar-refractivity contribution in [2.45, 2.75) is 11.3 Å². The van der Waals surface area contributed by atoms with Crippen LogP contribution < -0.4 is 0 Å². The van der Waals surface area contributed by atoms with Gasteiger partial charge in [0.15, 0.2) is 0 Å². The van der Waals surface area contributed by atoms with Crippen molar-refractivity contribution in [1.29, 1.82) is 0 Å². The number of aliphatic hydroxyl groups excluding tert-OH is 1. The molecule has 0 aliphatic heterocycles. The fraction of sp³-hybridized carbons (Fsp3) is 0.200. The standard InChI is InChI=1S/C15H16OS/c1-17-15-8-3-2-7-14(15)13-6-4-5-12(11-13)9-10-16/h2-8,11,16H,9-10H2,1H3. The highest BCUT2D eigenvalue weighted by molar-refractivity contribution is 7.98. The highest BCUT2D eigenvalue weighted by Gasteiger charge is 2.04. The Labute approximate surface area is 107 Å². The zero-order chi connectivity index (χ0) is 12.1. The van der Waals surface area contributed by atoms with Crippen LogP contribution in [-0.2, 0) is 6.42 Å². The van der Waals surface area contributed by atoms with Crippen LogP contribution in [0.5, 0.6) is 0 Å². The summed E-state index contributed by atoms with van der Waals surface area (Å²) >= 11 is 1.76. The van der Waals surface area contributed by atoms with Gasteiger partial charge >= 0.3 is 0 Å². The van der Waals surface area contributed by atoms with Crippen LogP contribution >= 0.6 is 11.8 Å². The molecule has 17 heavy (non-hydrogen) atoms. The normalized spacial score (nSPS) is 10.5. The van der Waals surface area contributed by atoms with Crippen LogP contribution in [0.25, 0.3) is 11.1 Å². The lowest BCUT2D eigenvalue weighted by atomic mass is 10.0. The van der Waals surface area contributed by atoms with Crippen LogP contribution in [-0.4, -0.2) is 18.0 Å². The van der Waals surface area contributed by atoms with Crippen molar-refractivity contribution in [2.24, 2.45) is 0 Å². The largest absolute Gasteiger partial charge is 0.396 e. The summed E-state index contributed by atoms with van der Waals surface area (Å²) in [5.74, 6) is 0. The van der Waals surface area contributed by atoms with Gasteiger partial charge in [0.25, 0.3) is 0 Å². The number of benzene rings is 2. The van der Waals surface area contributed by atoms with E-state index < -0.39 is 0 Å². The molecule has 0 radical (unpaired) electrons. The molecule has 0 fully saturated rings. The van der Waals surface area contributed by atoms with Gasteiger partial charge in [-0.2, -0.15) is 0 Å². The lowest BCUT2D eigenvalue weighted by Gasteiger charge is -2.08. The zero-order valence-corrected chi connectivity index (χ0v) is 10.7. The number of thioether (sulfide) groups is 1. The summed E-state index contributed by atoms with van der Waals surface area (Å²) in [6, 6.07) is 16.8. The second-order valence-electron chi connectivity index (χ2n) is 3.87. The highest BCUT2D eigenvalue weighted by Crippen LogP contribution is 2.30. The van der Waals surface area contributed by atoms with E-state index in [9.17, 15) is 0 Å². The first kappa shape index (κ1) is 12.2. The quantitative estimate of drug-likeness (QED) is 0.829. The van der Waals surface area contributed by atoms with Crippen molar-refractivity contribution in [3.05, 3.63) is 54.1 Å². The van der Waals surface area contributed by atoms with Gasteiger partial charge in [-0.1, -0.05) is 42.5 Å². The summed E-state index contributed by atoms with van der Waals surface area (Å²) in [6.07, 6.45) is 2.81. The van der Waals surface area contributed by atoms with Gasteiger partial charge in [-0.05, 0) is 35.4 Å². The van der Waals surface area contributed by atoms with E-state index >= 15 is 0 Å². The first-order valence-corrected chi connectivity index (χ1v) is 6.91. The van der Waals surface area contributed by atoms with Crippen molar-refractivity contribution < 1.29 is 5.11 Å². The van der Waals surface area contributed by atoms with Gasteiger partial charge in [0.1, 0.15) is 0 Å². The van der Waals surface area contributed by atoms with E-state index in [4.69, 9.17) is 5.11 Å². The molecule has 2 rings (SSSR count). The maximum Gasteiger partial charge on any atom is 0.0471 e. The molecule has 0 saturated carbocycles. The molecule has 0 amide bonds. The Morgan fingerprint density at radius 1 is 1.06 bits per heavy atom. The molecule has 1 N–H and O–H groups in total. The van der Waals surface area contributed by atoms with E-state index in [0.29, 0.717) is 0 Å². The zero-order valence-electron chi connectivity index (χ0n) is 9.89. The van der Waals surface area contributed by atoms with Gasteiger partial charge in [-0.3, -0.25) is 0 Å². The van der Waals surface area contributed by atoms with Gasteiger partial charge in [-0.15, -0.1) is 11.8 Å². The first-order valence-electron chi connectivity index (χ1n) is 5.68. The van der Waals surface area contributed by atoms with Crippen molar-refractivity contribution in [1.82, 2.24) is 0 Å². The molecule has 2 aromatic rings. The summed E-state index contributed by atoms with van der Waals surface area (Å²) in [7, 11) is 0. The summed E-state index contributed by atoms with van der Waals surface area (Å²) in [4.78, 5) is 1.29. The molecule has 2 aromatic carbocycles. The minimum absolute atomic E-state index is 0.202. The molecule has 2 heteroatoms. The third-order valence-electron chi connectivity index (χ3n) is 2.75. The molecule has 0 saturated heterocycles. The molecule has 0 aliphatic carbocycles. The predicted octanol–water partition coefficient (Wildman–Crippen LogP) is 3.61. The molecule has 0 bridgehead atoms. The van der Waals surface area contributed by atoms with Gasteiger partial charge in [-0.25, -0.2) is 0 Å². The number of hydrogen-bond donors (Lipinski definition) is 1. The average molecular weight is 244 g/mol. The van der Waals surface area contributed by atoms with Crippen LogP contribution in [0, 0.1) is 0 Å². The molecule has 0 heterocycles. The van der Waals surface area contributed by atoms with Gasteiger partial charge in [0.05, 0.1) is 0 Å². The van der Waals surface area contributed by atoms with E-state index in [1.807, 2.05) is 0 Å². The van der Waals surface area contributed by atoms with E-state index in [1.54, 1.807) is 11.8 Å². The molecule has 0 spiro atoms. The summed E-state index contributed by atoms with van der Waals surface area (Å²) in [5, 5.41) is 8.98. The molecule has 0 aromatic heterocycles. The van der Waals surface area contributed by atoms with Gasteiger partial charge < -0.3 is 5.11 Å². The summed E-state index contributed by atoms with van der Waals surface area (Å²) in [5.41, 5.74) is 3.67. The molecule has 0 unspecified atom stereocenters. The molecular formula is C15H16OS. The summed E-state index contributed by atoms with van der Waals surface area (Å²) in [6.45, 7) is 0.202. The lowest BCUT2D eigenvalue weighted by Crippen LogP contribution is -1.91. The van der Waals surface area contributed by atoms with Crippen molar-refractivity contribution in [3.8, 4) is 11.1 Å². The van der Waals surface area contributed by atoms with Gasteiger partial charge in [0.2, 0.25) is 0 Å². The molecule has 0 atom stereocenters. The number of hydrogen-bond acceptors (Lipinski definition) is 2. The second kappa shape index (κ2) is 5.89. The molecule has 88 valence electrons. The van der Waals surface area contributed by atoms with Crippen molar-refractivity contribution >= 4 is 11.8 Å². The van der Waals surface area contributed by atoms with Crippen LogP contribution in [0.15, 0.2) is 53.4 Å². The van der Waals surface area contributed by atoms with E-state index in [-0.39, 0.29) is 6.61 Å². The Morgan fingerprint density at radius 2 is 1.88 bits per heavy atom. The van der Waals surface area contributed by atoms with Gasteiger partial charge in [0, 0.05) is 11.5 Å². The van der Waals surface area contributed by atoms with Crippen LogP contribution in [0.1, 0.15) is 5.56 Å². The smallest absolute Gasteiger partial charge is 0.0471 e. The average Bonchev–Trinajstić information content (AvgIpc) is 2.39. The second-order valence-corrected chi connectivity index (χ2v) is 4.72. The fourth-order valence-electron chi connectivity index (χ4n) is 1.91. The SMILES string of the molecule is CSc1ccccc1-c1cccc(CCO)c1. The highest BCUT2D eigenvalue weighted by atomic mass is 32.2. The fourth-order valence-corrected chi connectivity index (χ4v) is 2.53. The van der Waals surface area contributed by atoms with Crippen molar-refractivity contribution in [3.63, 3.8) is 0 Å². The lowest BCUT2D eigenvalue weighted by molar-refractivity contribution is 0.299. The summed E-state index contributed by atoms with van der Waals surface area (Å²) < 4.78 is 0. The third-order valence-corrected chi connectivity index (χ3v) is 3.54. The van der Waals surface area contributed by atoms with E-state index in [1.165, 1.54) is 21.6 Å². The minimum atomic E-state index is 0.202. The molecule has 1 nitrogen and oxygen atoms in total. The predicted molar refractivity (Wildman–Crippen MR) is 74.4 cm³/mol. The number of aliphatic hydroxyl groups is 1.